The molecule has 138 valence electrons. The third kappa shape index (κ3) is 3.38. The molecule has 4 rings (SSSR count). The van der Waals surface area contributed by atoms with Gasteiger partial charge in [-0.25, -0.2) is 4.79 Å². The first-order chi connectivity index (χ1) is 13.5. The molecule has 0 N–H and O–H groups in total. The zero-order valence-electron chi connectivity index (χ0n) is 14.2. The fraction of sp³-hybridized carbons (Fsp3) is 0. The standard InChI is InChI=1S/C21H11Cl2NO4/c22-13-5-6-14(16(23)11-13)19-20(28-21(26)12-7-9-24-10-8-12)18(25)15-3-1-2-4-17(15)27-19/h1-11H. The largest absolute Gasteiger partial charge is 0.452 e. The highest BCUT2D eigenvalue weighted by molar-refractivity contribution is 6.36. The first-order valence-corrected chi connectivity index (χ1v) is 8.93. The molecular weight excluding hydrogens is 401 g/mol. The molecule has 0 aliphatic rings. The van der Waals surface area contributed by atoms with E-state index in [0.717, 1.165) is 0 Å². The maximum atomic E-state index is 13.0. The Labute approximate surface area is 169 Å². The van der Waals surface area contributed by atoms with Crippen LogP contribution in [0.1, 0.15) is 10.4 Å². The fourth-order valence-electron chi connectivity index (χ4n) is 2.71. The number of fused-ring (bicyclic) bond motifs is 1. The van der Waals surface area contributed by atoms with Crippen molar-refractivity contribution in [2.75, 3.05) is 0 Å². The molecule has 0 aliphatic carbocycles. The van der Waals surface area contributed by atoms with E-state index in [1.54, 1.807) is 36.4 Å². The average Bonchev–Trinajstić information content (AvgIpc) is 2.71. The molecule has 5 nitrogen and oxygen atoms in total. The molecule has 0 radical (unpaired) electrons. The summed E-state index contributed by atoms with van der Waals surface area (Å²) in [5.41, 5.74) is 0.490. The number of pyridine rings is 1. The van der Waals surface area contributed by atoms with Gasteiger partial charge in [0, 0.05) is 23.0 Å². The highest BCUT2D eigenvalue weighted by Crippen LogP contribution is 2.36. The molecule has 0 saturated heterocycles. The molecule has 2 heterocycles. The first kappa shape index (κ1) is 18.2. The molecule has 0 bridgehead atoms. The summed E-state index contributed by atoms with van der Waals surface area (Å²) in [4.78, 5) is 29.4. The van der Waals surface area contributed by atoms with E-state index >= 15 is 0 Å². The Kier molecular flexibility index (Phi) is 4.86. The summed E-state index contributed by atoms with van der Waals surface area (Å²) >= 11 is 12.3. The van der Waals surface area contributed by atoms with Crippen LogP contribution in [0.2, 0.25) is 10.0 Å². The van der Waals surface area contributed by atoms with Gasteiger partial charge in [0.25, 0.3) is 0 Å². The number of nitrogens with zero attached hydrogens (tertiary/aromatic N) is 1. The topological polar surface area (TPSA) is 69.4 Å². The van der Waals surface area contributed by atoms with E-state index < -0.39 is 11.4 Å². The number of halogens is 2. The van der Waals surface area contributed by atoms with Crippen LogP contribution in [0.4, 0.5) is 0 Å². The van der Waals surface area contributed by atoms with Crippen LogP contribution in [-0.4, -0.2) is 11.0 Å². The van der Waals surface area contributed by atoms with Gasteiger partial charge >= 0.3 is 5.97 Å². The minimum absolute atomic E-state index is 0.0489. The van der Waals surface area contributed by atoms with E-state index in [9.17, 15) is 9.59 Å². The number of hydrogen-bond acceptors (Lipinski definition) is 5. The second-order valence-corrected chi connectivity index (χ2v) is 6.68. The van der Waals surface area contributed by atoms with Gasteiger partial charge in [-0.05, 0) is 42.5 Å². The molecule has 0 atom stereocenters. The van der Waals surface area contributed by atoms with E-state index in [2.05, 4.69) is 4.98 Å². The van der Waals surface area contributed by atoms with Gasteiger partial charge in [-0.15, -0.1) is 0 Å². The van der Waals surface area contributed by atoms with Crippen LogP contribution in [0.5, 0.6) is 5.75 Å². The molecule has 2 aromatic carbocycles. The van der Waals surface area contributed by atoms with Crippen LogP contribution in [0, 0.1) is 0 Å². The van der Waals surface area contributed by atoms with E-state index in [4.69, 9.17) is 32.4 Å². The van der Waals surface area contributed by atoms with E-state index in [1.807, 2.05) is 0 Å². The lowest BCUT2D eigenvalue weighted by Crippen LogP contribution is -2.16. The molecule has 0 unspecified atom stereocenters. The second kappa shape index (κ2) is 7.46. The Morgan fingerprint density at radius 3 is 2.50 bits per heavy atom. The predicted octanol–water partition coefficient (Wildman–Crippen LogP) is 5.38. The predicted molar refractivity (Wildman–Crippen MR) is 107 cm³/mol. The van der Waals surface area contributed by atoms with Crippen molar-refractivity contribution in [3.8, 4) is 17.1 Å². The molecule has 0 spiro atoms. The maximum absolute atomic E-state index is 13.0. The molecular formula is C21H11Cl2NO4. The van der Waals surface area contributed by atoms with Gasteiger partial charge in [0.05, 0.1) is 16.0 Å². The number of para-hydroxylation sites is 1. The van der Waals surface area contributed by atoms with Gasteiger partial charge in [0.1, 0.15) is 5.58 Å². The smallest absolute Gasteiger partial charge is 0.343 e. The summed E-state index contributed by atoms with van der Waals surface area (Å²) in [6.45, 7) is 0. The lowest BCUT2D eigenvalue weighted by Gasteiger charge is -2.11. The third-order valence-corrected chi connectivity index (χ3v) is 4.59. The number of carbonyl (C=O) groups excluding carboxylic acids is 1. The van der Waals surface area contributed by atoms with E-state index in [1.165, 1.54) is 30.6 Å². The van der Waals surface area contributed by atoms with Gasteiger partial charge < -0.3 is 9.15 Å². The van der Waals surface area contributed by atoms with E-state index in [-0.39, 0.29) is 27.5 Å². The number of carbonyl (C=O) groups is 1. The van der Waals surface area contributed by atoms with Gasteiger partial charge in [-0.1, -0.05) is 35.3 Å². The third-order valence-electron chi connectivity index (χ3n) is 4.04. The number of hydrogen-bond donors (Lipinski definition) is 0. The van der Waals surface area contributed by atoms with Gasteiger partial charge in [-0.3, -0.25) is 9.78 Å². The number of aromatic nitrogens is 1. The minimum Gasteiger partial charge on any atom is -0.452 e. The van der Waals surface area contributed by atoms with Crippen LogP contribution in [0.25, 0.3) is 22.3 Å². The zero-order chi connectivity index (χ0) is 19.7. The van der Waals surface area contributed by atoms with Crippen LogP contribution >= 0.6 is 23.2 Å². The van der Waals surface area contributed by atoms with Crippen LogP contribution in [-0.2, 0) is 0 Å². The Bertz CT molecular complexity index is 1250. The van der Waals surface area contributed by atoms with Crippen molar-refractivity contribution in [3.63, 3.8) is 0 Å². The minimum atomic E-state index is -0.712. The molecule has 28 heavy (non-hydrogen) atoms. The zero-order valence-corrected chi connectivity index (χ0v) is 15.7. The van der Waals surface area contributed by atoms with Gasteiger partial charge in [0.2, 0.25) is 11.2 Å². The van der Waals surface area contributed by atoms with Crippen LogP contribution < -0.4 is 10.2 Å². The highest BCUT2D eigenvalue weighted by Gasteiger charge is 2.22. The second-order valence-electron chi connectivity index (χ2n) is 5.84. The lowest BCUT2D eigenvalue weighted by atomic mass is 10.1. The monoisotopic (exact) mass is 411 g/mol. The molecule has 4 aromatic rings. The van der Waals surface area contributed by atoms with Crippen molar-refractivity contribution in [1.29, 1.82) is 0 Å². The van der Waals surface area contributed by atoms with Gasteiger partial charge in [-0.2, -0.15) is 0 Å². The molecule has 0 aliphatic heterocycles. The summed E-state index contributed by atoms with van der Waals surface area (Å²) in [5, 5.41) is 0.966. The Morgan fingerprint density at radius 1 is 1.00 bits per heavy atom. The average molecular weight is 412 g/mol. The number of benzene rings is 2. The Balaban J connectivity index is 1.94. The SMILES string of the molecule is O=C(Oc1c(-c2ccc(Cl)cc2Cl)oc2ccccc2c1=O)c1ccncc1. The summed E-state index contributed by atoms with van der Waals surface area (Å²) in [6.07, 6.45) is 2.91. The number of ether oxygens (including phenoxy) is 1. The van der Waals surface area contributed by atoms with Crippen molar-refractivity contribution < 1.29 is 13.9 Å². The van der Waals surface area contributed by atoms with E-state index in [0.29, 0.717) is 16.2 Å². The summed E-state index contributed by atoms with van der Waals surface area (Å²) in [5.74, 6) is -0.908. The normalized spacial score (nSPS) is 10.8. The van der Waals surface area contributed by atoms with Crippen molar-refractivity contribution >= 4 is 40.1 Å². The highest BCUT2D eigenvalue weighted by atomic mass is 35.5. The maximum Gasteiger partial charge on any atom is 0.343 e. The molecule has 7 heteroatoms. The number of esters is 1. The van der Waals surface area contributed by atoms with Crippen LogP contribution in [0.15, 0.2) is 76.2 Å². The molecule has 2 aromatic heterocycles. The quantitative estimate of drug-likeness (QED) is 0.423. The first-order valence-electron chi connectivity index (χ1n) is 8.18. The number of rotatable bonds is 3. The summed E-state index contributed by atoms with van der Waals surface area (Å²) in [6, 6.07) is 14.4. The Morgan fingerprint density at radius 2 is 1.75 bits per heavy atom. The molecule has 0 fully saturated rings. The lowest BCUT2D eigenvalue weighted by molar-refractivity contribution is 0.0731. The van der Waals surface area contributed by atoms with Crippen molar-refractivity contribution in [2.45, 2.75) is 0 Å². The fourth-order valence-corrected chi connectivity index (χ4v) is 3.20. The van der Waals surface area contributed by atoms with Crippen molar-refractivity contribution in [3.05, 3.63) is 92.8 Å². The van der Waals surface area contributed by atoms with Crippen molar-refractivity contribution in [2.24, 2.45) is 0 Å². The van der Waals surface area contributed by atoms with Gasteiger partial charge in [0.15, 0.2) is 5.76 Å². The summed E-state index contributed by atoms with van der Waals surface area (Å²) in [7, 11) is 0. The summed E-state index contributed by atoms with van der Waals surface area (Å²) < 4.78 is 11.3. The molecule has 0 saturated carbocycles. The van der Waals surface area contributed by atoms with Crippen molar-refractivity contribution in [1.82, 2.24) is 4.98 Å². The Hall–Kier alpha value is -3.15. The molecule has 0 amide bonds. The van der Waals surface area contributed by atoms with Crippen LogP contribution in [0.3, 0.4) is 0 Å².